The Hall–Kier alpha value is -1.11. The summed E-state index contributed by atoms with van der Waals surface area (Å²) in [6.45, 7) is 0. The predicted molar refractivity (Wildman–Crippen MR) is 39.5 cm³/mol. The third-order valence-electron chi connectivity index (χ3n) is 1.44. The largest absolute Gasteiger partial charge is 0.341 e. The molecule has 14 heavy (non-hydrogen) atoms. The van der Waals surface area contributed by atoms with E-state index in [1.165, 1.54) is 0 Å². The molecule has 0 fully saturated rings. The van der Waals surface area contributed by atoms with Crippen LogP contribution in [0.4, 0.5) is 17.6 Å². The van der Waals surface area contributed by atoms with Gasteiger partial charge in [0.2, 0.25) is 9.84 Å². The normalized spacial score (nSPS) is 12.1. The SMILES string of the molecule is O=S(=O)(c1ccc(F)cc1F)C(F)F. The molecular weight excluding hydrogens is 224 g/mol. The molecule has 0 aliphatic rings. The van der Waals surface area contributed by atoms with Crippen molar-refractivity contribution in [2.45, 2.75) is 10.7 Å². The molecule has 0 spiro atoms. The summed E-state index contributed by atoms with van der Waals surface area (Å²) >= 11 is 0. The highest BCUT2D eigenvalue weighted by molar-refractivity contribution is 7.91. The summed E-state index contributed by atoms with van der Waals surface area (Å²) in [6, 6.07) is 1.29. The first-order valence-corrected chi connectivity index (χ1v) is 4.87. The summed E-state index contributed by atoms with van der Waals surface area (Å²) in [7, 11) is -5.00. The van der Waals surface area contributed by atoms with Crippen molar-refractivity contribution in [3.05, 3.63) is 29.8 Å². The van der Waals surface area contributed by atoms with Gasteiger partial charge in [-0.25, -0.2) is 17.2 Å². The van der Waals surface area contributed by atoms with E-state index in [2.05, 4.69) is 0 Å². The van der Waals surface area contributed by atoms with E-state index in [-0.39, 0.29) is 6.07 Å². The molecule has 1 rings (SSSR count). The van der Waals surface area contributed by atoms with Crippen LogP contribution in [0.25, 0.3) is 0 Å². The van der Waals surface area contributed by atoms with Gasteiger partial charge in [0.1, 0.15) is 16.5 Å². The molecule has 0 amide bonds. The molecule has 0 aliphatic carbocycles. The molecule has 7 heteroatoms. The summed E-state index contributed by atoms with van der Waals surface area (Å²) in [4.78, 5) is -1.20. The Morgan fingerprint density at radius 1 is 1.14 bits per heavy atom. The fourth-order valence-electron chi connectivity index (χ4n) is 0.802. The summed E-state index contributed by atoms with van der Waals surface area (Å²) in [5.41, 5.74) is 0. The van der Waals surface area contributed by atoms with Crippen molar-refractivity contribution in [2.75, 3.05) is 0 Å². The molecule has 0 atom stereocenters. The second kappa shape index (κ2) is 3.56. The Morgan fingerprint density at radius 2 is 1.71 bits per heavy atom. The number of halogens is 4. The average molecular weight is 228 g/mol. The van der Waals surface area contributed by atoms with E-state index in [1.807, 2.05) is 0 Å². The van der Waals surface area contributed by atoms with Crippen molar-refractivity contribution in [1.82, 2.24) is 0 Å². The lowest BCUT2D eigenvalue weighted by Crippen LogP contribution is -2.13. The van der Waals surface area contributed by atoms with Gasteiger partial charge in [0.15, 0.2) is 0 Å². The molecule has 0 saturated carbocycles. The van der Waals surface area contributed by atoms with E-state index in [1.54, 1.807) is 0 Å². The Kier molecular flexibility index (Phi) is 2.79. The molecule has 0 aliphatic heterocycles. The van der Waals surface area contributed by atoms with Crippen molar-refractivity contribution in [3.63, 3.8) is 0 Å². The van der Waals surface area contributed by atoms with Crippen molar-refractivity contribution in [1.29, 1.82) is 0 Å². The summed E-state index contributed by atoms with van der Waals surface area (Å²) in [5.74, 6) is -6.27. The van der Waals surface area contributed by atoms with Crippen LogP contribution in [0.2, 0.25) is 0 Å². The molecule has 0 N–H and O–H groups in total. The standard InChI is InChI=1S/C7H4F4O2S/c8-4-1-2-6(5(9)3-4)14(12,13)7(10)11/h1-3,7H. The predicted octanol–water partition coefficient (Wildman–Crippen LogP) is 1.96. The van der Waals surface area contributed by atoms with Gasteiger partial charge in [-0.2, -0.15) is 8.78 Å². The van der Waals surface area contributed by atoms with Gasteiger partial charge in [0.05, 0.1) is 0 Å². The van der Waals surface area contributed by atoms with Crippen LogP contribution in [0.15, 0.2) is 23.1 Å². The van der Waals surface area contributed by atoms with Crippen molar-refractivity contribution >= 4 is 9.84 Å². The van der Waals surface area contributed by atoms with E-state index in [0.29, 0.717) is 12.1 Å². The first-order chi connectivity index (χ1) is 6.35. The fourth-order valence-corrected chi connectivity index (χ4v) is 1.58. The van der Waals surface area contributed by atoms with Gasteiger partial charge in [-0.3, -0.25) is 0 Å². The van der Waals surface area contributed by atoms with Crippen LogP contribution in [-0.4, -0.2) is 14.2 Å². The van der Waals surface area contributed by atoms with Crippen molar-refractivity contribution in [2.24, 2.45) is 0 Å². The third-order valence-corrected chi connectivity index (χ3v) is 2.85. The zero-order valence-corrected chi connectivity index (χ0v) is 7.36. The summed E-state index contributed by atoms with van der Waals surface area (Å²) in [6.07, 6.45) is 0. The lowest BCUT2D eigenvalue weighted by Gasteiger charge is -2.03. The van der Waals surface area contributed by atoms with E-state index in [9.17, 15) is 26.0 Å². The Morgan fingerprint density at radius 3 is 2.14 bits per heavy atom. The second-order valence-corrected chi connectivity index (χ2v) is 4.27. The maximum absolute atomic E-state index is 12.8. The van der Waals surface area contributed by atoms with E-state index >= 15 is 0 Å². The van der Waals surface area contributed by atoms with Crippen LogP contribution in [0, 0.1) is 11.6 Å². The molecule has 1 aromatic carbocycles. The van der Waals surface area contributed by atoms with Gasteiger partial charge in [-0.15, -0.1) is 0 Å². The topological polar surface area (TPSA) is 34.1 Å². The molecule has 0 bridgehead atoms. The monoisotopic (exact) mass is 228 g/mol. The highest BCUT2D eigenvalue weighted by Gasteiger charge is 2.29. The van der Waals surface area contributed by atoms with Crippen LogP contribution in [-0.2, 0) is 9.84 Å². The first-order valence-electron chi connectivity index (χ1n) is 3.33. The molecule has 0 radical (unpaired) electrons. The van der Waals surface area contributed by atoms with Crippen molar-refractivity contribution in [3.8, 4) is 0 Å². The highest BCUT2D eigenvalue weighted by Crippen LogP contribution is 2.21. The first kappa shape index (κ1) is 11.0. The molecule has 0 aromatic heterocycles. The Balaban J connectivity index is 3.35. The maximum Gasteiger partial charge on any atom is 0.341 e. The lowest BCUT2D eigenvalue weighted by atomic mass is 10.3. The van der Waals surface area contributed by atoms with Gasteiger partial charge < -0.3 is 0 Å². The van der Waals surface area contributed by atoms with E-state index in [0.717, 1.165) is 0 Å². The van der Waals surface area contributed by atoms with E-state index < -0.39 is 32.1 Å². The molecule has 0 heterocycles. The van der Waals surface area contributed by atoms with Gasteiger partial charge in [0.25, 0.3) is 0 Å². The molecule has 78 valence electrons. The van der Waals surface area contributed by atoms with Crippen LogP contribution in [0.5, 0.6) is 0 Å². The average Bonchev–Trinajstić information content (AvgIpc) is 2.02. The minimum absolute atomic E-state index is 0.231. The van der Waals surface area contributed by atoms with Crippen LogP contribution in [0.1, 0.15) is 0 Å². The van der Waals surface area contributed by atoms with E-state index in [4.69, 9.17) is 0 Å². The molecule has 0 unspecified atom stereocenters. The van der Waals surface area contributed by atoms with Gasteiger partial charge in [-0.05, 0) is 12.1 Å². The molecule has 0 saturated heterocycles. The Labute approximate surface area is 77.1 Å². The number of hydrogen-bond donors (Lipinski definition) is 0. The quantitative estimate of drug-likeness (QED) is 0.572. The number of hydrogen-bond acceptors (Lipinski definition) is 2. The zero-order valence-electron chi connectivity index (χ0n) is 6.55. The van der Waals surface area contributed by atoms with Crippen LogP contribution < -0.4 is 0 Å². The Bertz CT molecular complexity index is 441. The van der Waals surface area contributed by atoms with Gasteiger partial charge in [0, 0.05) is 6.07 Å². The minimum atomic E-state index is -5.00. The van der Waals surface area contributed by atoms with Gasteiger partial charge in [-0.1, -0.05) is 0 Å². The minimum Gasteiger partial charge on any atom is -0.218 e. The van der Waals surface area contributed by atoms with Crippen LogP contribution >= 0.6 is 0 Å². The number of alkyl halides is 2. The fraction of sp³-hybridized carbons (Fsp3) is 0.143. The highest BCUT2D eigenvalue weighted by atomic mass is 32.2. The lowest BCUT2D eigenvalue weighted by molar-refractivity contribution is 0.234. The third kappa shape index (κ3) is 1.87. The molecular formula is C7H4F4O2S. The number of rotatable bonds is 2. The second-order valence-electron chi connectivity index (χ2n) is 2.38. The smallest absolute Gasteiger partial charge is 0.218 e. The maximum atomic E-state index is 12.8. The number of benzene rings is 1. The van der Waals surface area contributed by atoms with Crippen molar-refractivity contribution < 1.29 is 26.0 Å². The summed E-state index contributed by atoms with van der Waals surface area (Å²) in [5, 5.41) is 0. The molecule has 1 aromatic rings. The molecule has 2 nitrogen and oxygen atoms in total. The van der Waals surface area contributed by atoms with Crippen LogP contribution in [0.3, 0.4) is 0 Å². The van der Waals surface area contributed by atoms with Gasteiger partial charge >= 0.3 is 5.76 Å². The number of sulfone groups is 1. The summed E-state index contributed by atoms with van der Waals surface area (Å²) < 4.78 is 70.4. The zero-order chi connectivity index (χ0) is 10.9.